The van der Waals surface area contributed by atoms with Gasteiger partial charge in [-0.25, -0.2) is 4.79 Å². The van der Waals surface area contributed by atoms with E-state index in [-0.39, 0.29) is 12.1 Å². The van der Waals surface area contributed by atoms with Crippen LogP contribution in [0.4, 0.5) is 10.6 Å². The fraction of sp³-hybridized carbons (Fsp3) is 0.692. The molecule has 0 saturated carbocycles. The van der Waals surface area contributed by atoms with Crippen molar-refractivity contribution in [2.45, 2.75) is 59.4 Å². The topological polar surface area (TPSA) is 73.4 Å². The molecular formula is C13H22N4O2. The number of anilines is 1. The number of nitrogens with zero attached hydrogens (tertiary/aromatic N) is 3. The van der Waals surface area contributed by atoms with Gasteiger partial charge in [0.05, 0.1) is 18.8 Å². The van der Waals surface area contributed by atoms with E-state index in [1.54, 1.807) is 4.90 Å². The maximum absolute atomic E-state index is 12.1. The first-order chi connectivity index (χ1) is 8.69. The Bertz CT molecular complexity index is 499. The van der Waals surface area contributed by atoms with Gasteiger partial charge in [-0.05, 0) is 34.6 Å². The lowest BCUT2D eigenvalue weighted by Crippen LogP contribution is -2.34. The molecule has 1 aliphatic heterocycles. The lowest BCUT2D eigenvalue weighted by atomic mass is 10.2. The van der Waals surface area contributed by atoms with Crippen LogP contribution in [0, 0.1) is 0 Å². The van der Waals surface area contributed by atoms with Crippen molar-refractivity contribution < 1.29 is 9.53 Å². The van der Waals surface area contributed by atoms with Crippen LogP contribution in [-0.2, 0) is 17.8 Å². The van der Waals surface area contributed by atoms with Crippen LogP contribution in [0.2, 0.25) is 0 Å². The van der Waals surface area contributed by atoms with Gasteiger partial charge < -0.3 is 10.5 Å². The Balaban J connectivity index is 2.17. The van der Waals surface area contributed by atoms with Gasteiger partial charge in [-0.1, -0.05) is 0 Å². The summed E-state index contributed by atoms with van der Waals surface area (Å²) in [5, 5.41) is 4.32. The van der Waals surface area contributed by atoms with Crippen LogP contribution in [0.25, 0.3) is 0 Å². The zero-order valence-corrected chi connectivity index (χ0v) is 12.2. The highest BCUT2D eigenvalue weighted by molar-refractivity contribution is 5.70. The highest BCUT2D eigenvalue weighted by Gasteiger charge is 2.32. The second kappa shape index (κ2) is 4.43. The molecule has 1 aromatic heterocycles. The SMILES string of the molecule is CC(C)n1nc(N)c2c1CN(C(=O)OC(C)(C)C)C2. The number of carbonyl (C=O) groups excluding carboxylic acids is 1. The molecule has 2 rings (SSSR count). The van der Waals surface area contributed by atoms with Gasteiger partial charge in [0.1, 0.15) is 5.60 Å². The summed E-state index contributed by atoms with van der Waals surface area (Å²) in [4.78, 5) is 13.7. The van der Waals surface area contributed by atoms with E-state index < -0.39 is 5.60 Å². The lowest BCUT2D eigenvalue weighted by molar-refractivity contribution is 0.0238. The fourth-order valence-corrected chi connectivity index (χ4v) is 2.17. The van der Waals surface area contributed by atoms with Gasteiger partial charge in [-0.2, -0.15) is 5.10 Å². The van der Waals surface area contributed by atoms with Crippen molar-refractivity contribution >= 4 is 11.9 Å². The molecule has 0 saturated heterocycles. The molecule has 0 atom stereocenters. The van der Waals surface area contributed by atoms with E-state index in [1.807, 2.05) is 39.3 Å². The van der Waals surface area contributed by atoms with Gasteiger partial charge in [-0.15, -0.1) is 0 Å². The molecule has 0 fully saturated rings. The number of fused-ring (bicyclic) bond motifs is 1. The van der Waals surface area contributed by atoms with Gasteiger partial charge in [0.15, 0.2) is 5.82 Å². The van der Waals surface area contributed by atoms with E-state index in [9.17, 15) is 4.79 Å². The molecule has 0 bridgehead atoms. The summed E-state index contributed by atoms with van der Waals surface area (Å²) in [6.07, 6.45) is -0.307. The molecule has 6 nitrogen and oxygen atoms in total. The number of amides is 1. The highest BCUT2D eigenvalue weighted by Crippen LogP contribution is 2.30. The Hall–Kier alpha value is -1.72. The molecule has 2 heterocycles. The minimum Gasteiger partial charge on any atom is -0.444 e. The summed E-state index contributed by atoms with van der Waals surface area (Å²) in [6, 6.07) is 0.227. The fourth-order valence-electron chi connectivity index (χ4n) is 2.17. The zero-order valence-electron chi connectivity index (χ0n) is 12.2. The Morgan fingerprint density at radius 3 is 2.53 bits per heavy atom. The number of aromatic nitrogens is 2. The van der Waals surface area contributed by atoms with Crippen LogP contribution in [-0.4, -0.2) is 26.4 Å². The number of ether oxygens (including phenoxy) is 1. The van der Waals surface area contributed by atoms with Crippen LogP contribution in [0.1, 0.15) is 51.9 Å². The van der Waals surface area contributed by atoms with E-state index in [2.05, 4.69) is 5.10 Å². The van der Waals surface area contributed by atoms with Crippen molar-refractivity contribution in [2.75, 3.05) is 5.73 Å². The lowest BCUT2D eigenvalue weighted by Gasteiger charge is -2.24. The van der Waals surface area contributed by atoms with Crippen molar-refractivity contribution in [3.05, 3.63) is 11.3 Å². The molecule has 106 valence electrons. The maximum Gasteiger partial charge on any atom is 0.410 e. The molecule has 1 aliphatic rings. The number of carbonyl (C=O) groups is 1. The number of rotatable bonds is 1. The molecule has 19 heavy (non-hydrogen) atoms. The third-order valence-corrected chi connectivity index (χ3v) is 2.98. The third-order valence-electron chi connectivity index (χ3n) is 2.98. The summed E-state index contributed by atoms with van der Waals surface area (Å²) >= 11 is 0. The molecule has 0 aliphatic carbocycles. The molecule has 0 unspecified atom stereocenters. The molecule has 1 aromatic rings. The molecule has 1 amide bonds. The van der Waals surface area contributed by atoms with Crippen molar-refractivity contribution in [3.63, 3.8) is 0 Å². The Morgan fingerprint density at radius 1 is 1.37 bits per heavy atom. The van der Waals surface area contributed by atoms with Gasteiger partial charge in [-0.3, -0.25) is 9.58 Å². The summed E-state index contributed by atoms with van der Waals surface area (Å²) in [6.45, 7) is 10.6. The molecule has 2 N–H and O–H groups in total. The third kappa shape index (κ3) is 2.67. The second-order valence-electron chi connectivity index (χ2n) is 6.19. The van der Waals surface area contributed by atoms with E-state index >= 15 is 0 Å². The van der Waals surface area contributed by atoms with E-state index in [4.69, 9.17) is 10.5 Å². The van der Waals surface area contributed by atoms with E-state index in [1.165, 1.54) is 0 Å². The van der Waals surface area contributed by atoms with Gasteiger partial charge in [0.2, 0.25) is 0 Å². The first-order valence-corrected chi connectivity index (χ1v) is 6.52. The summed E-state index contributed by atoms with van der Waals surface area (Å²) < 4.78 is 7.26. The monoisotopic (exact) mass is 266 g/mol. The van der Waals surface area contributed by atoms with E-state index in [0.717, 1.165) is 11.3 Å². The second-order valence-corrected chi connectivity index (χ2v) is 6.19. The van der Waals surface area contributed by atoms with Gasteiger partial charge >= 0.3 is 6.09 Å². The number of nitrogens with two attached hydrogens (primary N) is 1. The average molecular weight is 266 g/mol. The van der Waals surface area contributed by atoms with Crippen LogP contribution in [0.5, 0.6) is 0 Å². The van der Waals surface area contributed by atoms with Crippen molar-refractivity contribution in [3.8, 4) is 0 Å². The van der Waals surface area contributed by atoms with Crippen molar-refractivity contribution in [1.29, 1.82) is 0 Å². The predicted octanol–water partition coefficient (Wildman–Crippen LogP) is 2.30. The largest absolute Gasteiger partial charge is 0.444 e. The number of hydrogen-bond acceptors (Lipinski definition) is 4. The summed E-state index contributed by atoms with van der Waals surface area (Å²) in [7, 11) is 0. The Labute approximate surface area is 113 Å². The highest BCUT2D eigenvalue weighted by atomic mass is 16.6. The quantitative estimate of drug-likeness (QED) is 0.846. The molecule has 0 radical (unpaired) electrons. The Morgan fingerprint density at radius 2 is 2.00 bits per heavy atom. The zero-order chi connectivity index (χ0) is 14.4. The first kappa shape index (κ1) is 13.7. The van der Waals surface area contributed by atoms with Crippen LogP contribution in [0.3, 0.4) is 0 Å². The van der Waals surface area contributed by atoms with Crippen molar-refractivity contribution in [1.82, 2.24) is 14.7 Å². The minimum atomic E-state index is -0.485. The Kier molecular flexibility index (Phi) is 3.20. The van der Waals surface area contributed by atoms with Crippen LogP contribution < -0.4 is 5.73 Å². The average Bonchev–Trinajstić information content (AvgIpc) is 2.76. The number of nitrogen functional groups attached to an aromatic ring is 1. The molecule has 6 heteroatoms. The normalized spacial score (nSPS) is 14.9. The van der Waals surface area contributed by atoms with Crippen LogP contribution >= 0.6 is 0 Å². The minimum absolute atomic E-state index is 0.227. The molecule has 0 spiro atoms. The maximum atomic E-state index is 12.1. The predicted molar refractivity (Wildman–Crippen MR) is 72.5 cm³/mol. The molecular weight excluding hydrogens is 244 g/mol. The smallest absolute Gasteiger partial charge is 0.410 e. The summed E-state index contributed by atoms with van der Waals surface area (Å²) in [5.41, 5.74) is 7.38. The van der Waals surface area contributed by atoms with Gasteiger partial charge in [0.25, 0.3) is 0 Å². The number of hydrogen-bond donors (Lipinski definition) is 1. The molecule has 0 aromatic carbocycles. The van der Waals surface area contributed by atoms with Gasteiger partial charge in [0, 0.05) is 11.6 Å². The van der Waals surface area contributed by atoms with Crippen LogP contribution in [0.15, 0.2) is 0 Å². The van der Waals surface area contributed by atoms with Crippen molar-refractivity contribution in [2.24, 2.45) is 0 Å². The van der Waals surface area contributed by atoms with E-state index in [0.29, 0.717) is 18.9 Å². The summed E-state index contributed by atoms with van der Waals surface area (Å²) in [5.74, 6) is 0.509. The standard InChI is InChI=1S/C13H22N4O2/c1-8(2)17-10-7-16(6-9(10)11(14)15-17)12(18)19-13(3,4)5/h8H,6-7H2,1-5H3,(H2,14,15). The first-order valence-electron chi connectivity index (χ1n) is 6.52.